The van der Waals surface area contributed by atoms with E-state index in [4.69, 9.17) is 18.6 Å². The number of ether oxygens (including phenoxy) is 3. The SMILES string of the molecule is CCOC(=O)/C=C1\[C@@H](O[Si](C)(C)C(C)(C)C)CC[C@@]1(C)/C=C/C/C(C)=C/COC1CCCCO1. The number of esters is 1. The van der Waals surface area contributed by atoms with Gasteiger partial charge in [0, 0.05) is 18.1 Å². The van der Waals surface area contributed by atoms with E-state index in [0.717, 1.165) is 44.3 Å². The van der Waals surface area contributed by atoms with Gasteiger partial charge in [0.05, 0.1) is 19.3 Å². The van der Waals surface area contributed by atoms with Crippen molar-refractivity contribution < 1.29 is 23.4 Å². The van der Waals surface area contributed by atoms with Gasteiger partial charge in [-0.2, -0.15) is 0 Å². The van der Waals surface area contributed by atoms with Crippen LogP contribution in [0.5, 0.6) is 0 Å². The fraction of sp³-hybridized carbons (Fsp3) is 0.750. The van der Waals surface area contributed by atoms with Crippen LogP contribution in [0.4, 0.5) is 0 Å². The first-order valence-electron chi connectivity index (χ1n) is 13.0. The number of allylic oxidation sites excluding steroid dienone is 3. The molecule has 2 rings (SSSR count). The Kier molecular flexibility index (Phi) is 10.8. The zero-order valence-corrected chi connectivity index (χ0v) is 23.9. The van der Waals surface area contributed by atoms with Gasteiger partial charge in [-0.3, -0.25) is 0 Å². The van der Waals surface area contributed by atoms with Gasteiger partial charge in [0.2, 0.25) is 0 Å². The first-order valence-corrected chi connectivity index (χ1v) is 15.9. The van der Waals surface area contributed by atoms with Gasteiger partial charge in [0.15, 0.2) is 14.6 Å². The zero-order chi connectivity index (χ0) is 25.4. The van der Waals surface area contributed by atoms with Gasteiger partial charge in [0.1, 0.15) is 0 Å². The third kappa shape index (κ3) is 8.47. The molecule has 1 saturated heterocycles. The molecule has 1 aliphatic carbocycles. The van der Waals surface area contributed by atoms with E-state index in [0.29, 0.717) is 13.2 Å². The molecule has 1 saturated carbocycles. The first-order chi connectivity index (χ1) is 15.9. The second kappa shape index (κ2) is 12.7. The van der Waals surface area contributed by atoms with E-state index in [9.17, 15) is 4.79 Å². The monoisotopic (exact) mass is 492 g/mol. The van der Waals surface area contributed by atoms with Crippen LogP contribution in [0.2, 0.25) is 18.1 Å². The molecule has 0 amide bonds. The fourth-order valence-corrected chi connectivity index (χ4v) is 5.54. The van der Waals surface area contributed by atoms with Crippen LogP contribution in [0.15, 0.2) is 35.5 Å². The highest BCUT2D eigenvalue weighted by Gasteiger charge is 2.45. The molecule has 0 aromatic heterocycles. The maximum atomic E-state index is 12.4. The Balaban J connectivity index is 2.07. The van der Waals surface area contributed by atoms with Crippen molar-refractivity contribution in [3.05, 3.63) is 35.5 Å². The van der Waals surface area contributed by atoms with Crippen LogP contribution in [0.1, 0.15) is 80.1 Å². The number of hydrogen-bond donors (Lipinski definition) is 0. The summed E-state index contributed by atoms with van der Waals surface area (Å²) in [6, 6.07) is 0. The molecule has 2 fully saturated rings. The van der Waals surface area contributed by atoms with Crippen molar-refractivity contribution in [2.75, 3.05) is 19.8 Å². The molecule has 5 nitrogen and oxygen atoms in total. The van der Waals surface area contributed by atoms with Crippen molar-refractivity contribution in [2.45, 2.75) is 111 Å². The molecule has 194 valence electrons. The molecule has 2 aliphatic rings. The molecule has 6 heteroatoms. The van der Waals surface area contributed by atoms with Gasteiger partial charge in [-0.25, -0.2) is 4.79 Å². The number of carbonyl (C=O) groups is 1. The minimum atomic E-state index is -1.97. The Hall–Kier alpha value is -1.21. The third-order valence-electron chi connectivity index (χ3n) is 7.51. The normalized spacial score (nSPS) is 28.1. The second-order valence-corrected chi connectivity index (χ2v) is 16.2. The van der Waals surface area contributed by atoms with E-state index < -0.39 is 8.32 Å². The largest absolute Gasteiger partial charge is 0.463 e. The molecule has 34 heavy (non-hydrogen) atoms. The lowest BCUT2D eigenvalue weighted by Crippen LogP contribution is -2.44. The average molecular weight is 493 g/mol. The van der Waals surface area contributed by atoms with Gasteiger partial charge >= 0.3 is 5.97 Å². The van der Waals surface area contributed by atoms with Crippen molar-refractivity contribution in [3.63, 3.8) is 0 Å². The van der Waals surface area contributed by atoms with Crippen LogP contribution in [-0.2, 0) is 23.4 Å². The summed E-state index contributed by atoms with van der Waals surface area (Å²) in [5, 5.41) is 0.115. The summed E-state index contributed by atoms with van der Waals surface area (Å²) < 4.78 is 23.5. The molecular weight excluding hydrogens is 444 g/mol. The van der Waals surface area contributed by atoms with E-state index >= 15 is 0 Å². The molecule has 1 heterocycles. The highest BCUT2D eigenvalue weighted by molar-refractivity contribution is 6.74. The molecule has 1 aliphatic heterocycles. The molecule has 0 aromatic rings. The topological polar surface area (TPSA) is 54.0 Å². The van der Waals surface area contributed by atoms with Crippen molar-refractivity contribution in [2.24, 2.45) is 5.41 Å². The molecule has 0 radical (unpaired) electrons. The molecule has 0 aromatic carbocycles. The highest BCUT2D eigenvalue weighted by Crippen LogP contribution is 2.48. The first kappa shape index (κ1) is 29.0. The summed E-state index contributed by atoms with van der Waals surface area (Å²) in [6.07, 6.45) is 14.2. The van der Waals surface area contributed by atoms with Gasteiger partial charge in [-0.15, -0.1) is 0 Å². The molecule has 0 spiro atoms. The minimum absolute atomic E-state index is 0.0412. The summed E-state index contributed by atoms with van der Waals surface area (Å²) in [6.45, 7) is 19.2. The van der Waals surface area contributed by atoms with Crippen molar-refractivity contribution >= 4 is 14.3 Å². The van der Waals surface area contributed by atoms with Crippen LogP contribution in [0.3, 0.4) is 0 Å². The number of rotatable bonds is 10. The van der Waals surface area contributed by atoms with Crippen molar-refractivity contribution in [1.29, 1.82) is 0 Å². The predicted octanol–water partition coefficient (Wildman–Crippen LogP) is 7.10. The molecule has 0 bridgehead atoms. The lowest BCUT2D eigenvalue weighted by atomic mass is 9.83. The molecule has 0 N–H and O–H groups in total. The molecule has 1 unspecified atom stereocenters. The lowest BCUT2D eigenvalue weighted by molar-refractivity contribution is -0.155. The van der Waals surface area contributed by atoms with Gasteiger partial charge in [-0.1, -0.05) is 51.5 Å². The van der Waals surface area contributed by atoms with E-state index in [1.54, 1.807) is 6.08 Å². The molecule has 3 atom stereocenters. The third-order valence-corrected chi connectivity index (χ3v) is 12.0. The number of hydrogen-bond acceptors (Lipinski definition) is 5. The van der Waals surface area contributed by atoms with Gasteiger partial charge in [0.25, 0.3) is 0 Å². The Morgan fingerprint density at radius 1 is 1.24 bits per heavy atom. The smallest absolute Gasteiger partial charge is 0.330 e. The van der Waals surface area contributed by atoms with Gasteiger partial charge < -0.3 is 18.6 Å². The van der Waals surface area contributed by atoms with Crippen molar-refractivity contribution in [1.82, 2.24) is 0 Å². The van der Waals surface area contributed by atoms with E-state index in [2.05, 4.69) is 65.9 Å². The van der Waals surface area contributed by atoms with Crippen LogP contribution < -0.4 is 0 Å². The van der Waals surface area contributed by atoms with Crippen molar-refractivity contribution in [3.8, 4) is 0 Å². The summed E-state index contributed by atoms with van der Waals surface area (Å²) in [7, 11) is -1.97. The quantitative estimate of drug-likeness (QED) is 0.141. The van der Waals surface area contributed by atoms with E-state index in [-0.39, 0.29) is 28.8 Å². The summed E-state index contributed by atoms with van der Waals surface area (Å²) in [5.41, 5.74) is 2.09. The maximum Gasteiger partial charge on any atom is 0.330 e. The van der Waals surface area contributed by atoms with Crippen LogP contribution >= 0.6 is 0 Å². The Labute approximate surface area is 209 Å². The summed E-state index contributed by atoms with van der Waals surface area (Å²) in [4.78, 5) is 12.4. The van der Waals surface area contributed by atoms with Gasteiger partial charge in [-0.05, 0) is 76.1 Å². The Morgan fingerprint density at radius 2 is 1.97 bits per heavy atom. The molecular formula is C28H48O5Si. The fourth-order valence-electron chi connectivity index (χ4n) is 4.23. The minimum Gasteiger partial charge on any atom is -0.463 e. The predicted molar refractivity (Wildman–Crippen MR) is 141 cm³/mol. The van der Waals surface area contributed by atoms with Crippen LogP contribution in [0, 0.1) is 5.41 Å². The van der Waals surface area contributed by atoms with E-state index in [1.165, 1.54) is 12.0 Å². The zero-order valence-electron chi connectivity index (χ0n) is 22.9. The lowest BCUT2D eigenvalue weighted by Gasteiger charge is -2.39. The highest BCUT2D eigenvalue weighted by atomic mass is 28.4. The Morgan fingerprint density at radius 3 is 2.59 bits per heavy atom. The van der Waals surface area contributed by atoms with Crippen LogP contribution in [-0.4, -0.2) is 46.5 Å². The van der Waals surface area contributed by atoms with Crippen LogP contribution in [0.25, 0.3) is 0 Å². The summed E-state index contributed by atoms with van der Waals surface area (Å²) >= 11 is 0. The average Bonchev–Trinajstić information content (AvgIpc) is 3.03. The van der Waals surface area contributed by atoms with E-state index in [1.807, 2.05) is 6.92 Å². The standard InChI is InChI=1S/C28H48O5Si/c1-9-30-25(29)21-23-24(33-34(7,8)27(3,4)5)15-18-28(23,6)17-12-13-22(2)16-20-32-26-14-10-11-19-31-26/h12,16-17,21,24,26H,9-11,13-15,18-20H2,1-8H3/b17-12+,22-16+,23-21+/t24-,26?,28+/m0/s1. The summed E-state index contributed by atoms with van der Waals surface area (Å²) in [5.74, 6) is -0.277. The Bertz CT molecular complexity index is 755. The second-order valence-electron chi connectivity index (χ2n) is 11.5. The maximum absolute atomic E-state index is 12.4. The number of carbonyl (C=O) groups excluding carboxylic acids is 1.